The van der Waals surface area contributed by atoms with Gasteiger partial charge in [-0.25, -0.2) is 0 Å². The Balaban J connectivity index is 2.24. The number of hydrogen-bond acceptors (Lipinski definition) is 2. The predicted octanol–water partition coefficient (Wildman–Crippen LogP) is 2.28. The molecule has 1 aliphatic heterocycles. The van der Waals surface area contributed by atoms with Gasteiger partial charge in [0.2, 0.25) is 0 Å². The number of rotatable bonds is 0. The van der Waals surface area contributed by atoms with Crippen molar-refractivity contribution in [2.24, 2.45) is 10.2 Å². The summed E-state index contributed by atoms with van der Waals surface area (Å²) in [6, 6.07) is 0. The van der Waals surface area contributed by atoms with Crippen LogP contribution in [-0.2, 0) is 0 Å². The Morgan fingerprint density at radius 2 is 2.00 bits per heavy atom. The second-order valence-electron chi connectivity index (χ2n) is 2.66. The molecule has 2 aliphatic rings. The summed E-state index contributed by atoms with van der Waals surface area (Å²) in [5.41, 5.74) is 2.79. The lowest BCUT2D eigenvalue weighted by atomic mass is 9.98. The van der Waals surface area contributed by atoms with Crippen LogP contribution in [0.2, 0.25) is 0 Å². The molecule has 0 saturated heterocycles. The lowest BCUT2D eigenvalue weighted by molar-refractivity contribution is 0.675. The maximum Gasteiger partial charge on any atom is 0.0834 e. The molecule has 0 aromatic heterocycles. The zero-order valence-corrected chi connectivity index (χ0v) is 5.43. The normalized spacial score (nSPS) is 24.9. The van der Waals surface area contributed by atoms with Gasteiger partial charge in [0, 0.05) is 0 Å². The second-order valence-corrected chi connectivity index (χ2v) is 2.66. The molecular weight excluding hydrogens is 112 g/mol. The first-order valence-corrected chi connectivity index (χ1v) is 3.55. The zero-order chi connectivity index (χ0) is 6.10. The van der Waals surface area contributed by atoms with E-state index in [0.717, 1.165) is 6.54 Å². The van der Waals surface area contributed by atoms with E-state index in [1.165, 1.54) is 37.0 Å². The molecule has 0 aromatic rings. The van der Waals surface area contributed by atoms with E-state index in [-0.39, 0.29) is 0 Å². The number of hydrogen-bond donors (Lipinski definition) is 0. The van der Waals surface area contributed by atoms with E-state index in [4.69, 9.17) is 0 Å². The topological polar surface area (TPSA) is 24.7 Å². The summed E-state index contributed by atoms with van der Waals surface area (Å²) in [5.74, 6) is 0. The van der Waals surface area contributed by atoms with Crippen LogP contribution in [0.25, 0.3) is 0 Å². The van der Waals surface area contributed by atoms with Gasteiger partial charge in [0.05, 0.1) is 12.2 Å². The van der Waals surface area contributed by atoms with Crippen molar-refractivity contribution >= 4 is 0 Å². The number of allylic oxidation sites excluding steroid dienone is 1. The molecule has 0 radical (unpaired) electrons. The molecule has 1 heterocycles. The maximum atomic E-state index is 4.06. The van der Waals surface area contributed by atoms with Gasteiger partial charge < -0.3 is 0 Å². The molecule has 0 bridgehead atoms. The Bertz CT molecular complexity index is 179. The smallest absolute Gasteiger partial charge is 0.0834 e. The van der Waals surface area contributed by atoms with Crippen LogP contribution < -0.4 is 0 Å². The Hall–Kier alpha value is -0.660. The van der Waals surface area contributed by atoms with Gasteiger partial charge in [-0.1, -0.05) is 0 Å². The van der Waals surface area contributed by atoms with Crippen LogP contribution in [0, 0.1) is 0 Å². The van der Waals surface area contributed by atoms with Gasteiger partial charge in [-0.15, -0.1) is 0 Å². The van der Waals surface area contributed by atoms with Crippen LogP contribution in [-0.4, -0.2) is 6.54 Å². The lowest BCUT2D eigenvalue weighted by Gasteiger charge is -2.09. The van der Waals surface area contributed by atoms with Gasteiger partial charge >= 0.3 is 0 Å². The van der Waals surface area contributed by atoms with Gasteiger partial charge in [-0.05, 0) is 31.3 Å². The molecule has 2 heteroatoms. The average molecular weight is 122 g/mol. The Morgan fingerprint density at radius 1 is 1.11 bits per heavy atom. The highest BCUT2D eigenvalue weighted by Gasteiger charge is 2.15. The van der Waals surface area contributed by atoms with E-state index in [9.17, 15) is 0 Å². The molecule has 2 rings (SSSR count). The largest absolute Gasteiger partial charge is 0.184 e. The molecule has 48 valence electrons. The second kappa shape index (κ2) is 1.94. The van der Waals surface area contributed by atoms with Crippen LogP contribution in [0.3, 0.4) is 0 Å². The van der Waals surface area contributed by atoms with Crippen LogP contribution in [0.15, 0.2) is 21.5 Å². The molecule has 0 amide bonds. The Kier molecular flexibility index (Phi) is 1.11. The molecular formula is C7H10N2. The van der Waals surface area contributed by atoms with Crippen molar-refractivity contribution in [2.75, 3.05) is 6.54 Å². The Labute approximate surface area is 54.7 Å². The summed E-state index contributed by atoms with van der Waals surface area (Å²) in [6.07, 6.45) is 5.10. The van der Waals surface area contributed by atoms with E-state index in [2.05, 4.69) is 10.2 Å². The van der Waals surface area contributed by atoms with E-state index in [1.54, 1.807) is 0 Å². The number of nitrogens with zero attached hydrogens (tertiary/aromatic N) is 2. The molecule has 0 unspecified atom stereocenters. The van der Waals surface area contributed by atoms with Gasteiger partial charge in [-0.2, -0.15) is 10.2 Å². The predicted molar refractivity (Wildman–Crippen MR) is 35.2 cm³/mol. The fraction of sp³-hybridized carbons (Fsp3) is 0.714. The minimum Gasteiger partial charge on any atom is -0.184 e. The van der Waals surface area contributed by atoms with Gasteiger partial charge in [0.1, 0.15) is 0 Å². The molecule has 2 nitrogen and oxygen atoms in total. The van der Waals surface area contributed by atoms with Crippen molar-refractivity contribution < 1.29 is 0 Å². The summed E-state index contributed by atoms with van der Waals surface area (Å²) < 4.78 is 0. The zero-order valence-electron chi connectivity index (χ0n) is 5.43. The molecule has 0 saturated carbocycles. The molecule has 0 fully saturated rings. The molecule has 0 atom stereocenters. The monoisotopic (exact) mass is 122 g/mol. The van der Waals surface area contributed by atoms with Gasteiger partial charge in [0.15, 0.2) is 0 Å². The molecule has 0 spiro atoms. The molecule has 1 aliphatic carbocycles. The summed E-state index contributed by atoms with van der Waals surface area (Å²) in [5, 5.41) is 8.04. The molecule has 0 N–H and O–H groups in total. The van der Waals surface area contributed by atoms with E-state index >= 15 is 0 Å². The van der Waals surface area contributed by atoms with Crippen molar-refractivity contribution in [1.29, 1.82) is 0 Å². The molecule has 9 heavy (non-hydrogen) atoms. The first kappa shape index (κ1) is 5.15. The highest BCUT2D eigenvalue weighted by Crippen LogP contribution is 2.29. The highest BCUT2D eigenvalue weighted by atomic mass is 15.1. The van der Waals surface area contributed by atoms with Crippen LogP contribution in [0.1, 0.15) is 25.7 Å². The quantitative estimate of drug-likeness (QED) is 0.471. The van der Waals surface area contributed by atoms with Crippen molar-refractivity contribution in [2.45, 2.75) is 25.7 Å². The third-order valence-electron chi connectivity index (χ3n) is 2.00. The Morgan fingerprint density at radius 3 is 2.89 bits per heavy atom. The van der Waals surface area contributed by atoms with Crippen molar-refractivity contribution in [3.05, 3.63) is 11.3 Å². The minimum absolute atomic E-state index is 0.898. The summed E-state index contributed by atoms with van der Waals surface area (Å²) in [4.78, 5) is 0. The average Bonchev–Trinajstić information content (AvgIpc) is 2.33. The fourth-order valence-electron chi connectivity index (χ4n) is 1.45. The van der Waals surface area contributed by atoms with Crippen LogP contribution in [0.4, 0.5) is 0 Å². The maximum absolute atomic E-state index is 4.06. The van der Waals surface area contributed by atoms with Crippen molar-refractivity contribution in [3.8, 4) is 0 Å². The minimum atomic E-state index is 0.898. The molecule has 0 aromatic carbocycles. The van der Waals surface area contributed by atoms with E-state index in [1.807, 2.05) is 0 Å². The third-order valence-corrected chi connectivity index (χ3v) is 2.00. The van der Waals surface area contributed by atoms with Crippen LogP contribution >= 0.6 is 0 Å². The van der Waals surface area contributed by atoms with Crippen molar-refractivity contribution in [3.63, 3.8) is 0 Å². The lowest BCUT2D eigenvalue weighted by Crippen LogP contribution is -1.95. The van der Waals surface area contributed by atoms with Gasteiger partial charge in [-0.3, -0.25) is 0 Å². The standard InChI is InChI=1S/C7H10N2/c1-2-4-7-6(3-1)5-8-9-7/h1-5H2. The third kappa shape index (κ3) is 0.784. The summed E-state index contributed by atoms with van der Waals surface area (Å²) in [7, 11) is 0. The van der Waals surface area contributed by atoms with Crippen molar-refractivity contribution in [1.82, 2.24) is 0 Å². The first-order chi connectivity index (χ1) is 4.47. The highest BCUT2D eigenvalue weighted by molar-refractivity contribution is 5.19. The van der Waals surface area contributed by atoms with E-state index in [0.29, 0.717) is 0 Å². The number of azo groups is 1. The van der Waals surface area contributed by atoms with Gasteiger partial charge in [0.25, 0.3) is 0 Å². The summed E-state index contributed by atoms with van der Waals surface area (Å²) >= 11 is 0. The summed E-state index contributed by atoms with van der Waals surface area (Å²) in [6.45, 7) is 0.898. The SMILES string of the molecule is C1CCC2=C(C1)CN=N2. The van der Waals surface area contributed by atoms with E-state index < -0.39 is 0 Å². The first-order valence-electron chi connectivity index (χ1n) is 3.55. The fourth-order valence-corrected chi connectivity index (χ4v) is 1.45. The van der Waals surface area contributed by atoms with Crippen LogP contribution in [0.5, 0.6) is 0 Å².